The Bertz CT molecular complexity index is 807. The second kappa shape index (κ2) is 9.73. The van der Waals surface area contributed by atoms with Gasteiger partial charge in [-0.25, -0.2) is 0 Å². The molecule has 2 aliphatic heterocycles. The molecule has 1 N–H and O–H groups in total. The van der Waals surface area contributed by atoms with Crippen LogP contribution in [0, 0.1) is 0 Å². The molecular formula is C21H26N2O4S2. The lowest BCUT2D eigenvalue weighted by atomic mass is 9.98. The Labute approximate surface area is 180 Å². The molecule has 2 aliphatic rings. The summed E-state index contributed by atoms with van der Waals surface area (Å²) in [6.07, 6.45) is 5.22. The molecule has 2 atom stereocenters. The number of hydrogen-bond acceptors (Lipinski definition) is 6. The van der Waals surface area contributed by atoms with E-state index in [0.717, 1.165) is 30.6 Å². The quantitative estimate of drug-likeness (QED) is 0.548. The SMILES string of the molecule is COc1ccc(/C=C2\SC(=S)N(C(C)C(=O)N3CCCCC3CCO)C2=O)cc1. The summed E-state index contributed by atoms with van der Waals surface area (Å²) in [4.78, 5) is 29.9. The van der Waals surface area contributed by atoms with Crippen LogP contribution in [0.1, 0.15) is 38.2 Å². The zero-order valence-electron chi connectivity index (χ0n) is 16.7. The first-order valence-corrected chi connectivity index (χ1v) is 11.0. The van der Waals surface area contributed by atoms with E-state index in [2.05, 4.69) is 0 Å². The van der Waals surface area contributed by atoms with Crippen LogP contribution in [0.5, 0.6) is 5.75 Å². The van der Waals surface area contributed by atoms with Crippen LogP contribution in [0.25, 0.3) is 6.08 Å². The lowest BCUT2D eigenvalue weighted by Crippen LogP contribution is -2.53. The van der Waals surface area contributed by atoms with Crippen LogP contribution in [0.3, 0.4) is 0 Å². The van der Waals surface area contributed by atoms with Crippen molar-refractivity contribution in [1.82, 2.24) is 9.80 Å². The highest BCUT2D eigenvalue weighted by atomic mass is 32.2. The van der Waals surface area contributed by atoms with Crippen LogP contribution >= 0.6 is 24.0 Å². The number of aliphatic hydroxyl groups excluding tert-OH is 1. The molecule has 2 amide bonds. The lowest BCUT2D eigenvalue weighted by Gasteiger charge is -2.38. The van der Waals surface area contributed by atoms with Gasteiger partial charge in [-0.2, -0.15) is 0 Å². The van der Waals surface area contributed by atoms with E-state index in [4.69, 9.17) is 17.0 Å². The first-order chi connectivity index (χ1) is 14.0. The number of thiocarbonyl (C=S) groups is 1. The number of ether oxygens (including phenoxy) is 1. The van der Waals surface area contributed by atoms with Gasteiger partial charge in [-0.15, -0.1) is 0 Å². The Morgan fingerprint density at radius 2 is 2.10 bits per heavy atom. The van der Waals surface area contributed by atoms with E-state index >= 15 is 0 Å². The van der Waals surface area contributed by atoms with Gasteiger partial charge in [-0.1, -0.05) is 36.1 Å². The fourth-order valence-corrected chi connectivity index (χ4v) is 5.17. The molecule has 29 heavy (non-hydrogen) atoms. The molecule has 2 unspecified atom stereocenters. The van der Waals surface area contributed by atoms with Gasteiger partial charge >= 0.3 is 0 Å². The Balaban J connectivity index is 1.75. The highest BCUT2D eigenvalue weighted by Gasteiger charge is 2.40. The van der Waals surface area contributed by atoms with E-state index in [-0.39, 0.29) is 24.5 Å². The van der Waals surface area contributed by atoms with Crippen LogP contribution in [-0.4, -0.2) is 63.4 Å². The van der Waals surface area contributed by atoms with Crippen LogP contribution in [0.2, 0.25) is 0 Å². The molecule has 2 saturated heterocycles. The molecule has 2 heterocycles. The minimum atomic E-state index is -0.663. The maximum Gasteiger partial charge on any atom is 0.266 e. The zero-order chi connectivity index (χ0) is 21.0. The molecule has 0 spiro atoms. The number of methoxy groups -OCH3 is 1. The predicted molar refractivity (Wildman–Crippen MR) is 119 cm³/mol. The van der Waals surface area contributed by atoms with Crippen molar-refractivity contribution in [2.75, 3.05) is 20.3 Å². The van der Waals surface area contributed by atoms with Crippen molar-refractivity contribution in [3.05, 3.63) is 34.7 Å². The van der Waals surface area contributed by atoms with Crippen molar-refractivity contribution in [2.24, 2.45) is 0 Å². The molecule has 2 fully saturated rings. The summed E-state index contributed by atoms with van der Waals surface area (Å²) in [6, 6.07) is 6.76. The average Bonchev–Trinajstić information content (AvgIpc) is 3.01. The number of thioether (sulfide) groups is 1. The van der Waals surface area contributed by atoms with Gasteiger partial charge in [-0.05, 0) is 56.4 Å². The molecule has 6 nitrogen and oxygen atoms in total. The molecule has 0 saturated carbocycles. The van der Waals surface area contributed by atoms with Gasteiger partial charge in [0.25, 0.3) is 5.91 Å². The lowest BCUT2D eigenvalue weighted by molar-refractivity contribution is -0.142. The largest absolute Gasteiger partial charge is 0.497 e. The third-order valence-corrected chi connectivity index (χ3v) is 6.68. The third kappa shape index (κ3) is 4.82. The zero-order valence-corrected chi connectivity index (χ0v) is 18.3. The van der Waals surface area contributed by atoms with Crippen molar-refractivity contribution in [3.8, 4) is 5.75 Å². The minimum Gasteiger partial charge on any atom is -0.497 e. The predicted octanol–water partition coefficient (Wildman–Crippen LogP) is 3.05. The number of piperidine rings is 1. The Morgan fingerprint density at radius 3 is 2.76 bits per heavy atom. The second-order valence-electron chi connectivity index (χ2n) is 7.19. The van der Waals surface area contributed by atoms with Crippen LogP contribution in [0.15, 0.2) is 29.2 Å². The van der Waals surface area contributed by atoms with Gasteiger partial charge in [0.1, 0.15) is 16.1 Å². The Hall–Kier alpha value is -1.90. The first kappa shape index (κ1) is 21.8. The molecule has 0 bridgehead atoms. The van der Waals surface area contributed by atoms with E-state index in [1.54, 1.807) is 20.1 Å². The number of aliphatic hydroxyl groups is 1. The summed E-state index contributed by atoms with van der Waals surface area (Å²) in [5.74, 6) is 0.394. The van der Waals surface area contributed by atoms with Crippen LogP contribution < -0.4 is 4.74 Å². The van der Waals surface area contributed by atoms with Gasteiger partial charge in [-0.3, -0.25) is 14.5 Å². The topological polar surface area (TPSA) is 70.1 Å². The van der Waals surface area contributed by atoms with Crippen LogP contribution in [0.4, 0.5) is 0 Å². The summed E-state index contributed by atoms with van der Waals surface area (Å²) in [5, 5.41) is 9.32. The molecule has 1 aromatic carbocycles. The second-order valence-corrected chi connectivity index (χ2v) is 8.87. The van der Waals surface area contributed by atoms with Crippen molar-refractivity contribution in [1.29, 1.82) is 0 Å². The number of amides is 2. The Morgan fingerprint density at radius 1 is 1.38 bits per heavy atom. The number of benzene rings is 1. The maximum absolute atomic E-state index is 13.1. The van der Waals surface area contributed by atoms with E-state index in [9.17, 15) is 14.7 Å². The molecule has 0 radical (unpaired) electrons. The maximum atomic E-state index is 13.1. The van der Waals surface area contributed by atoms with Crippen molar-refractivity contribution < 1.29 is 19.4 Å². The fourth-order valence-electron chi connectivity index (χ4n) is 3.76. The van der Waals surface area contributed by atoms with Crippen molar-refractivity contribution >= 4 is 46.2 Å². The first-order valence-electron chi connectivity index (χ1n) is 9.78. The number of nitrogens with zero attached hydrogens (tertiary/aromatic N) is 2. The summed E-state index contributed by atoms with van der Waals surface area (Å²) >= 11 is 6.64. The molecular weight excluding hydrogens is 408 g/mol. The number of hydrogen-bond donors (Lipinski definition) is 1. The number of carbonyl (C=O) groups is 2. The molecule has 0 aliphatic carbocycles. The number of rotatable bonds is 6. The summed E-state index contributed by atoms with van der Waals surface area (Å²) in [7, 11) is 1.60. The van der Waals surface area contributed by atoms with Crippen LogP contribution in [-0.2, 0) is 9.59 Å². The fraction of sp³-hybridized carbons (Fsp3) is 0.476. The standard InChI is InChI=1S/C21H26N2O4S2/c1-14(19(25)22-11-4-3-5-16(22)10-12-24)23-20(26)18(29-21(23)28)13-15-6-8-17(27-2)9-7-15/h6-9,13-14,16,24H,3-5,10-12H2,1-2H3/b18-13-. The number of likely N-dealkylation sites (tertiary alicyclic amines) is 1. The van der Waals surface area contributed by atoms with Gasteiger partial charge in [0.15, 0.2) is 0 Å². The minimum absolute atomic E-state index is 0.0249. The molecule has 8 heteroatoms. The third-order valence-electron chi connectivity index (χ3n) is 5.35. The summed E-state index contributed by atoms with van der Waals surface area (Å²) in [6.45, 7) is 2.44. The number of carbonyl (C=O) groups excluding carboxylic acids is 2. The van der Waals surface area contributed by atoms with Crippen molar-refractivity contribution in [3.63, 3.8) is 0 Å². The van der Waals surface area contributed by atoms with E-state index in [0.29, 0.717) is 22.2 Å². The normalized spacial score (nSPS) is 22.3. The smallest absolute Gasteiger partial charge is 0.266 e. The van der Waals surface area contributed by atoms with E-state index in [1.807, 2.05) is 29.2 Å². The molecule has 0 aromatic heterocycles. The average molecular weight is 435 g/mol. The highest BCUT2D eigenvalue weighted by Crippen LogP contribution is 2.35. The molecule has 156 valence electrons. The van der Waals surface area contributed by atoms with Gasteiger partial charge in [0.2, 0.25) is 5.91 Å². The summed E-state index contributed by atoms with van der Waals surface area (Å²) in [5.41, 5.74) is 0.865. The molecule has 1 aromatic rings. The Kier molecular flexibility index (Phi) is 7.32. The highest BCUT2D eigenvalue weighted by molar-refractivity contribution is 8.26. The van der Waals surface area contributed by atoms with Crippen molar-refractivity contribution in [2.45, 2.75) is 44.7 Å². The van der Waals surface area contributed by atoms with E-state index < -0.39 is 6.04 Å². The summed E-state index contributed by atoms with van der Waals surface area (Å²) < 4.78 is 5.55. The van der Waals surface area contributed by atoms with Gasteiger partial charge in [0, 0.05) is 19.2 Å². The van der Waals surface area contributed by atoms with Gasteiger partial charge < -0.3 is 14.7 Å². The van der Waals surface area contributed by atoms with Gasteiger partial charge in [0.05, 0.1) is 12.0 Å². The molecule has 3 rings (SSSR count). The monoisotopic (exact) mass is 434 g/mol. The van der Waals surface area contributed by atoms with E-state index in [1.165, 1.54) is 16.7 Å².